The molecule has 13 N–H and O–H groups in total. The van der Waals surface area contributed by atoms with Crippen LogP contribution in [0.4, 0.5) is 0 Å². The molecule has 4 unspecified atom stereocenters. The second kappa shape index (κ2) is 46.0. The van der Waals surface area contributed by atoms with E-state index in [1.807, 2.05) is 0 Å². The zero-order valence-corrected chi connectivity index (χ0v) is 83.1. The normalized spacial score (nSPS) is 21.9. The molecule has 140 heavy (non-hydrogen) atoms. The zero-order chi connectivity index (χ0) is 100. The molecule has 0 aromatic heterocycles. The lowest BCUT2D eigenvalue weighted by Crippen LogP contribution is -2.88. The smallest absolute Gasteiger partial charge is 0.478 e. The summed E-state index contributed by atoms with van der Waals surface area (Å²) in [5, 5.41) is 96.7. The molecular formula is C91H99N5O36Si8. The summed E-state index contributed by atoms with van der Waals surface area (Å²) in [5.74, 6) is -17.9. The van der Waals surface area contributed by atoms with E-state index in [-0.39, 0.29) is 179 Å². The number of rotatable bonds is 51. The Kier molecular flexibility index (Phi) is 34.4. The Morgan fingerprint density at radius 3 is 0.436 bits per heavy atom. The number of carbonyl (C=O) groups excluding carboxylic acids is 8. The minimum Gasteiger partial charge on any atom is -0.478 e. The minimum absolute atomic E-state index is 0.149. The van der Waals surface area contributed by atoms with Crippen LogP contribution in [0.15, 0.2) is 194 Å². The summed E-state index contributed by atoms with van der Waals surface area (Å²) in [6.45, 7) is -1.98. The number of carboxylic acid groups (broad SMARTS) is 8. The predicted octanol–water partition coefficient (Wildman–Crippen LogP) is 11.6. The minimum atomic E-state index is -5.54. The Morgan fingerprint density at radius 2 is 0.293 bits per heavy atom. The lowest BCUT2D eigenvalue weighted by atomic mass is 10.0. The lowest BCUT2D eigenvalue weighted by Gasteiger charge is -2.63. The molecule has 0 spiro atoms. The van der Waals surface area contributed by atoms with Crippen molar-refractivity contribution < 1.29 is 167 Å². The van der Waals surface area contributed by atoms with Gasteiger partial charge in [0.15, 0.2) is 17.3 Å². The Hall–Kier alpha value is -12.9. The molecule has 4 atom stereocenters. The van der Waals surface area contributed by atoms with Gasteiger partial charge < -0.3 is 117 Å². The summed E-state index contributed by atoms with van der Waals surface area (Å²) in [7, 11) is -44.1. The third-order valence-corrected chi connectivity index (χ3v) is 60.8. The standard InChI is InChI=1S/C91H99N5O36Si8/c97-76(60-28-1-9-36-68(60)84(105)106)44-17-20-52-133-121-134(53-21-18-45-77(98)61-29-2-10-37-69(61)85(107)108)124-136(55-23-47-92-79(100)63-31-4-12-39-71(63)87(111)112)125-135(122-133,54-22-19-46-78(99)62-30-3-11-38-70(62)86(109)110)127-139(58-26-50-95-82(103)66-34-7-15-42-74(66)90(117)118)130-137(123-133,56-24-48-93-80(101)64-32-5-13-40-72(64)88(113)114)129-138(126-134,57-25-49-94-81(102)65-33-6-14-41-73(65)89(115)116)131-140(128-136,132-139)59-27-51-96-83(104)67-35-8-16-43-75(67)91(119)120/h1-16,28-43H,17-27,44-59H2,(H,92,100)(H,93,101)(H,94,102)(H,95,103)(H,96,104)(H,105,106)(H,107,108)(H,109,110)(H,111,112)(H,113,114)(H,115,116)(H,117,118)(H,119,120). The molecule has 6 heterocycles. The summed E-state index contributed by atoms with van der Waals surface area (Å²) < 4.78 is 96.6. The molecule has 49 heteroatoms. The van der Waals surface area contributed by atoms with Crippen LogP contribution in [0.2, 0.25) is 48.4 Å². The lowest BCUT2D eigenvalue weighted by molar-refractivity contribution is -0.0320. The molecule has 6 aliphatic rings. The number of nitrogens with one attached hydrogen (secondary N) is 5. The number of benzene rings is 8. The molecule has 0 aliphatic carbocycles. The van der Waals surface area contributed by atoms with Gasteiger partial charge in [-0.2, -0.15) is 0 Å². The quantitative estimate of drug-likeness (QED) is 0.00956. The Balaban J connectivity index is 1.05. The third-order valence-electron chi connectivity index (χ3n) is 23.3. The fraction of sp³-hybridized carbons (Fsp3) is 0.297. The van der Waals surface area contributed by atoms with Crippen LogP contribution >= 0.6 is 0 Å². The van der Waals surface area contributed by atoms with Gasteiger partial charge in [-0.1, -0.05) is 115 Å². The average Bonchev–Trinajstić information content (AvgIpc) is 0.684. The van der Waals surface area contributed by atoms with Gasteiger partial charge in [-0.05, 0) is 149 Å². The second-order valence-corrected chi connectivity index (χ2v) is 57.9. The highest BCUT2D eigenvalue weighted by Gasteiger charge is 2.83. The molecule has 8 aromatic carbocycles. The van der Waals surface area contributed by atoms with Crippen molar-refractivity contribution in [3.05, 3.63) is 283 Å². The van der Waals surface area contributed by atoms with E-state index in [1.165, 1.54) is 194 Å². The third kappa shape index (κ3) is 25.5. The fourth-order valence-electron chi connectivity index (χ4n) is 16.9. The molecule has 5 amide bonds. The zero-order valence-electron chi connectivity index (χ0n) is 75.1. The summed E-state index contributed by atoms with van der Waals surface area (Å²) in [6, 6.07) is 38.9. The van der Waals surface area contributed by atoms with Gasteiger partial charge in [0.05, 0.1) is 72.3 Å². The maximum atomic E-state index is 14.6. The van der Waals surface area contributed by atoms with Crippen molar-refractivity contribution in [3.63, 3.8) is 0 Å². The van der Waals surface area contributed by atoms with E-state index in [0.717, 1.165) is 0 Å². The molecule has 0 saturated carbocycles. The molecule has 6 fully saturated rings. The number of aromatic carboxylic acids is 8. The van der Waals surface area contributed by atoms with Crippen molar-refractivity contribution >= 4 is 165 Å². The number of hydrogen-bond acceptors (Lipinski definition) is 28. The maximum absolute atomic E-state index is 14.6. The topological polar surface area (TPSA) is 606 Å². The largest absolute Gasteiger partial charge is 0.478 e. The van der Waals surface area contributed by atoms with Crippen molar-refractivity contribution in [2.24, 2.45) is 0 Å². The molecule has 14 rings (SSSR count). The Labute approximate surface area is 808 Å². The number of carbonyl (C=O) groups is 16. The monoisotopic (exact) mass is 2060 g/mol. The van der Waals surface area contributed by atoms with Crippen molar-refractivity contribution in [1.82, 2.24) is 26.6 Å². The highest BCUT2D eigenvalue weighted by molar-refractivity contribution is 7.03. The number of Topliss-reactive ketones (excluding diaryl/α,β-unsaturated/α-hetero) is 3. The summed E-state index contributed by atoms with van der Waals surface area (Å²) in [6.07, 6.45) is -3.76. The van der Waals surface area contributed by atoms with E-state index in [9.17, 15) is 118 Å². The molecular weight excluding hydrogens is 1960 g/mol. The molecule has 6 aliphatic heterocycles. The van der Waals surface area contributed by atoms with E-state index >= 15 is 0 Å². The first-order valence-corrected chi connectivity index (χ1v) is 60.4. The SMILES string of the molecule is O=C(O)c1ccccc1C(=O)CCCC[Si]12O[Si]3(CCCCC(=O)c4ccccc4C(=O)O)O[Si]4(CCCNC(=O)c5ccccc5C(=O)O)O[Si](CCCCC(=O)c5ccccc5C(=O)O)(O1)O[Si]1(CCCNC(=O)c5ccccc5C(=O)O)O[Si](CCCNC(=O)c5ccccc5C(=O)O)(O2)O[Si](CCCNC(=O)c2ccccc2C(=O)O)(O3)O[Si](CCCNC(=O)c2ccccc2C(=O)O)(O4)O1. The van der Waals surface area contributed by atoms with Crippen LogP contribution in [-0.4, -0.2) is 239 Å². The highest BCUT2D eigenvalue weighted by atomic mass is 28.6. The highest BCUT2D eigenvalue weighted by Crippen LogP contribution is 2.55. The van der Waals surface area contributed by atoms with E-state index < -0.39 is 246 Å². The van der Waals surface area contributed by atoms with Gasteiger partial charge in [-0.25, -0.2) is 38.4 Å². The van der Waals surface area contributed by atoms with Crippen molar-refractivity contribution in [2.45, 2.75) is 138 Å². The Bertz CT molecular complexity index is 4980. The Morgan fingerprint density at radius 1 is 0.171 bits per heavy atom. The second-order valence-electron chi connectivity index (χ2n) is 33.2. The molecule has 0 radical (unpaired) electrons. The van der Waals surface area contributed by atoms with Gasteiger partial charge in [-0.3, -0.25) is 38.4 Å². The molecule has 736 valence electrons. The summed E-state index contributed by atoms with van der Waals surface area (Å²) in [4.78, 5) is 218. The van der Waals surface area contributed by atoms with E-state index in [2.05, 4.69) is 26.6 Å². The molecule has 8 aromatic rings. The first-order chi connectivity index (χ1) is 67.0. The van der Waals surface area contributed by atoms with Crippen LogP contribution in [0, 0.1) is 0 Å². The van der Waals surface area contributed by atoms with Gasteiger partial charge in [0.2, 0.25) is 0 Å². The van der Waals surface area contributed by atoms with E-state index in [0.29, 0.717) is 0 Å². The number of ketones is 3. The first kappa shape index (κ1) is 104. The summed E-state index contributed by atoms with van der Waals surface area (Å²) in [5.41, 5.74) is -4.74. The average molecular weight is 2060 g/mol. The predicted molar refractivity (Wildman–Crippen MR) is 504 cm³/mol. The maximum Gasteiger partial charge on any atom is 0.478 e. The molecule has 6 saturated heterocycles. The van der Waals surface area contributed by atoms with Gasteiger partial charge in [-0.15, -0.1) is 0 Å². The summed E-state index contributed by atoms with van der Waals surface area (Å²) >= 11 is 0. The van der Waals surface area contributed by atoms with Crippen LogP contribution in [0.5, 0.6) is 0 Å². The van der Waals surface area contributed by atoms with E-state index in [4.69, 9.17) is 49.4 Å². The van der Waals surface area contributed by atoms with Gasteiger partial charge >= 0.3 is 118 Å². The van der Waals surface area contributed by atoms with Gasteiger partial charge in [0.1, 0.15) is 0 Å². The number of hydrogen-bond donors (Lipinski definition) is 13. The van der Waals surface area contributed by atoms with Crippen molar-refractivity contribution in [1.29, 1.82) is 0 Å². The van der Waals surface area contributed by atoms with Crippen LogP contribution in [-0.2, 0) is 49.4 Å². The molecule has 41 nitrogen and oxygen atoms in total. The number of amides is 5. The van der Waals surface area contributed by atoms with Gasteiger partial charge in [0.25, 0.3) is 29.5 Å². The molecule has 8 bridgehead atoms. The van der Waals surface area contributed by atoms with Crippen LogP contribution in [0.25, 0.3) is 0 Å². The fourth-order valence-corrected chi connectivity index (χ4v) is 67.6. The van der Waals surface area contributed by atoms with Crippen molar-refractivity contribution in [2.75, 3.05) is 32.7 Å². The van der Waals surface area contributed by atoms with Crippen molar-refractivity contribution in [3.8, 4) is 0 Å². The van der Waals surface area contributed by atoms with Gasteiger partial charge in [0, 0.05) is 117 Å². The first-order valence-electron chi connectivity index (χ1n) is 45.0. The van der Waals surface area contributed by atoms with Crippen LogP contribution < -0.4 is 26.6 Å². The van der Waals surface area contributed by atoms with E-state index in [1.54, 1.807) is 0 Å². The number of carboxylic acids is 8. The number of unbranched alkanes of at least 4 members (excludes halogenated alkanes) is 3. The van der Waals surface area contributed by atoms with Crippen LogP contribution in [0.1, 0.15) is 256 Å². The van der Waals surface area contributed by atoms with Crippen LogP contribution in [0.3, 0.4) is 0 Å².